The van der Waals surface area contributed by atoms with Crippen molar-refractivity contribution < 1.29 is 13.2 Å². The zero-order chi connectivity index (χ0) is 14.5. The van der Waals surface area contributed by atoms with Gasteiger partial charge in [0, 0.05) is 0 Å². The minimum atomic E-state index is -0.713. The van der Waals surface area contributed by atoms with Crippen molar-refractivity contribution in [2.75, 3.05) is 6.54 Å². The summed E-state index contributed by atoms with van der Waals surface area (Å²) in [6.07, 6.45) is 1.72. The highest BCUT2D eigenvalue weighted by Crippen LogP contribution is 2.26. The van der Waals surface area contributed by atoms with Crippen LogP contribution in [0.25, 0.3) is 11.5 Å². The van der Waals surface area contributed by atoms with Crippen molar-refractivity contribution in [3.8, 4) is 11.5 Å². The summed E-state index contributed by atoms with van der Waals surface area (Å²) >= 11 is 0. The lowest BCUT2D eigenvalue weighted by Crippen LogP contribution is -2.21. The maximum Gasteiger partial charge on any atom is 0.253 e. The van der Waals surface area contributed by atoms with Crippen molar-refractivity contribution in [2.45, 2.75) is 32.7 Å². The predicted octanol–water partition coefficient (Wildman–Crippen LogP) is 3.47. The van der Waals surface area contributed by atoms with Gasteiger partial charge in [0.25, 0.3) is 5.89 Å². The molecular weight excluding hydrogens is 264 g/mol. The maximum atomic E-state index is 13.6. The molecule has 108 valence electrons. The van der Waals surface area contributed by atoms with Gasteiger partial charge in [-0.2, -0.15) is 0 Å². The van der Waals surface area contributed by atoms with E-state index in [1.54, 1.807) is 0 Å². The van der Waals surface area contributed by atoms with E-state index in [0.29, 0.717) is 5.89 Å². The molecule has 0 aliphatic rings. The Morgan fingerprint density at radius 2 is 1.90 bits per heavy atom. The lowest BCUT2D eigenvalue weighted by atomic mass is 10.2. The Balaban J connectivity index is 2.28. The molecule has 4 nitrogen and oxygen atoms in total. The SMILES string of the molecule is CCCNC(CC)c1nnc(-c2c(F)cccc2F)o1. The molecular formula is C14H17F2N3O. The number of halogens is 2. The summed E-state index contributed by atoms with van der Waals surface area (Å²) in [6, 6.07) is 3.51. The van der Waals surface area contributed by atoms with Gasteiger partial charge in [-0.05, 0) is 31.5 Å². The van der Waals surface area contributed by atoms with Crippen LogP contribution in [-0.4, -0.2) is 16.7 Å². The Morgan fingerprint density at radius 1 is 1.20 bits per heavy atom. The molecule has 1 aromatic heterocycles. The second-order valence-corrected chi connectivity index (χ2v) is 4.46. The fourth-order valence-corrected chi connectivity index (χ4v) is 1.90. The molecule has 20 heavy (non-hydrogen) atoms. The third-order valence-corrected chi connectivity index (χ3v) is 2.96. The second-order valence-electron chi connectivity index (χ2n) is 4.46. The number of aromatic nitrogens is 2. The molecule has 0 fully saturated rings. The summed E-state index contributed by atoms with van der Waals surface area (Å²) in [5.41, 5.74) is -0.281. The van der Waals surface area contributed by atoms with Gasteiger partial charge in [0.05, 0.1) is 6.04 Å². The molecule has 2 aromatic rings. The third-order valence-electron chi connectivity index (χ3n) is 2.96. The summed E-state index contributed by atoms with van der Waals surface area (Å²) in [5.74, 6) is -1.21. The first-order valence-electron chi connectivity index (χ1n) is 6.68. The van der Waals surface area contributed by atoms with Crippen LogP contribution in [-0.2, 0) is 0 Å². The van der Waals surface area contributed by atoms with Crippen LogP contribution in [0.1, 0.15) is 38.6 Å². The van der Waals surface area contributed by atoms with Gasteiger partial charge in [-0.1, -0.05) is 19.9 Å². The van der Waals surface area contributed by atoms with Gasteiger partial charge < -0.3 is 9.73 Å². The molecule has 6 heteroatoms. The van der Waals surface area contributed by atoms with Crippen LogP contribution < -0.4 is 5.32 Å². The van der Waals surface area contributed by atoms with E-state index in [0.717, 1.165) is 31.5 Å². The Labute approximate surface area is 116 Å². The van der Waals surface area contributed by atoms with E-state index in [4.69, 9.17) is 4.42 Å². The van der Waals surface area contributed by atoms with Crippen molar-refractivity contribution in [1.82, 2.24) is 15.5 Å². The summed E-state index contributed by atoms with van der Waals surface area (Å²) in [4.78, 5) is 0. The molecule has 1 N–H and O–H groups in total. The average molecular weight is 281 g/mol. The fraction of sp³-hybridized carbons (Fsp3) is 0.429. The lowest BCUT2D eigenvalue weighted by Gasteiger charge is -2.11. The maximum absolute atomic E-state index is 13.6. The van der Waals surface area contributed by atoms with Crippen molar-refractivity contribution >= 4 is 0 Å². The zero-order valence-corrected chi connectivity index (χ0v) is 11.5. The monoisotopic (exact) mass is 281 g/mol. The molecule has 0 radical (unpaired) electrons. The first kappa shape index (κ1) is 14.6. The fourth-order valence-electron chi connectivity index (χ4n) is 1.90. The Kier molecular flexibility index (Phi) is 4.79. The summed E-state index contributed by atoms with van der Waals surface area (Å²) in [5, 5.41) is 10.9. The number of nitrogens with one attached hydrogen (secondary N) is 1. The van der Waals surface area contributed by atoms with E-state index in [1.165, 1.54) is 6.07 Å². The molecule has 1 heterocycles. The summed E-state index contributed by atoms with van der Waals surface area (Å²) in [7, 11) is 0. The summed E-state index contributed by atoms with van der Waals surface area (Å²) in [6.45, 7) is 4.83. The quantitative estimate of drug-likeness (QED) is 0.881. The van der Waals surface area contributed by atoms with E-state index in [1.807, 2.05) is 13.8 Å². The normalized spacial score (nSPS) is 12.6. The van der Waals surface area contributed by atoms with Gasteiger partial charge in [-0.3, -0.25) is 0 Å². The largest absolute Gasteiger partial charge is 0.419 e. The van der Waals surface area contributed by atoms with Crippen molar-refractivity contribution in [1.29, 1.82) is 0 Å². The minimum Gasteiger partial charge on any atom is -0.419 e. The number of nitrogens with zero attached hydrogens (tertiary/aromatic N) is 2. The number of hydrogen-bond acceptors (Lipinski definition) is 4. The van der Waals surface area contributed by atoms with Crippen LogP contribution in [0, 0.1) is 11.6 Å². The smallest absolute Gasteiger partial charge is 0.253 e. The molecule has 0 spiro atoms. The van der Waals surface area contributed by atoms with Crippen LogP contribution in [0.5, 0.6) is 0 Å². The molecule has 1 aromatic carbocycles. The molecule has 0 amide bonds. The Bertz CT molecular complexity index is 551. The molecule has 0 aliphatic heterocycles. The molecule has 0 saturated carbocycles. The topological polar surface area (TPSA) is 51.0 Å². The first-order valence-corrected chi connectivity index (χ1v) is 6.68. The summed E-state index contributed by atoms with van der Waals surface area (Å²) < 4.78 is 32.7. The molecule has 1 atom stereocenters. The second kappa shape index (κ2) is 6.56. The Hall–Kier alpha value is -1.82. The highest BCUT2D eigenvalue weighted by molar-refractivity contribution is 5.54. The molecule has 0 aliphatic carbocycles. The number of hydrogen-bond donors (Lipinski definition) is 1. The minimum absolute atomic E-state index is 0.106. The molecule has 0 saturated heterocycles. The highest BCUT2D eigenvalue weighted by atomic mass is 19.1. The van der Waals surface area contributed by atoms with Crippen molar-refractivity contribution in [2.24, 2.45) is 0 Å². The van der Waals surface area contributed by atoms with Crippen LogP contribution in [0.3, 0.4) is 0 Å². The zero-order valence-electron chi connectivity index (χ0n) is 11.5. The van der Waals surface area contributed by atoms with Crippen LogP contribution >= 0.6 is 0 Å². The molecule has 0 bridgehead atoms. The van der Waals surface area contributed by atoms with Gasteiger partial charge in [0.2, 0.25) is 5.89 Å². The van der Waals surface area contributed by atoms with Crippen molar-refractivity contribution in [3.05, 3.63) is 35.7 Å². The van der Waals surface area contributed by atoms with E-state index in [2.05, 4.69) is 15.5 Å². The van der Waals surface area contributed by atoms with E-state index >= 15 is 0 Å². The molecule has 2 rings (SSSR count). The standard InChI is InChI=1S/C14H17F2N3O/c1-3-8-17-11(4-2)13-18-19-14(20-13)12-9(15)6-5-7-10(12)16/h5-7,11,17H,3-4,8H2,1-2H3. The van der Waals surface area contributed by atoms with E-state index in [-0.39, 0.29) is 17.5 Å². The van der Waals surface area contributed by atoms with E-state index < -0.39 is 11.6 Å². The first-order chi connectivity index (χ1) is 9.67. The van der Waals surface area contributed by atoms with E-state index in [9.17, 15) is 8.78 Å². The predicted molar refractivity (Wildman–Crippen MR) is 71.0 cm³/mol. The average Bonchev–Trinajstić information content (AvgIpc) is 2.89. The van der Waals surface area contributed by atoms with Gasteiger partial charge in [0.1, 0.15) is 17.2 Å². The van der Waals surface area contributed by atoms with Crippen LogP contribution in [0.2, 0.25) is 0 Å². The van der Waals surface area contributed by atoms with Gasteiger partial charge >= 0.3 is 0 Å². The highest BCUT2D eigenvalue weighted by Gasteiger charge is 2.21. The lowest BCUT2D eigenvalue weighted by molar-refractivity contribution is 0.394. The van der Waals surface area contributed by atoms with Gasteiger partial charge in [0.15, 0.2) is 0 Å². The van der Waals surface area contributed by atoms with Crippen molar-refractivity contribution in [3.63, 3.8) is 0 Å². The number of benzene rings is 1. The Morgan fingerprint density at radius 3 is 2.50 bits per heavy atom. The van der Waals surface area contributed by atoms with Crippen LogP contribution in [0.15, 0.2) is 22.6 Å². The van der Waals surface area contributed by atoms with Gasteiger partial charge in [-0.25, -0.2) is 8.78 Å². The number of rotatable bonds is 6. The third kappa shape index (κ3) is 3.01. The van der Waals surface area contributed by atoms with Gasteiger partial charge in [-0.15, -0.1) is 10.2 Å². The molecule has 1 unspecified atom stereocenters. The van der Waals surface area contributed by atoms with Crippen LogP contribution in [0.4, 0.5) is 8.78 Å².